The maximum Gasteiger partial charge on any atom is 0.327 e. The summed E-state index contributed by atoms with van der Waals surface area (Å²) < 4.78 is 33.1. The molecule has 1 atom stereocenters. The van der Waals surface area contributed by atoms with Gasteiger partial charge in [0.25, 0.3) is 5.89 Å². The Labute approximate surface area is 198 Å². The SMILES string of the molecule is CC1=C(c2nc(-c3ccc(Cl)cc3)no2)C(c2ccccc2)NC(=O)N1c1ccc(F)c(F)c1. The Morgan fingerprint density at radius 3 is 2.44 bits per heavy atom. The third-order valence-electron chi connectivity index (χ3n) is 5.54. The third kappa shape index (κ3) is 3.92. The molecule has 2 amide bonds. The minimum atomic E-state index is -1.06. The molecule has 0 bridgehead atoms. The van der Waals surface area contributed by atoms with Crippen molar-refractivity contribution in [2.75, 3.05) is 4.90 Å². The fourth-order valence-electron chi connectivity index (χ4n) is 3.90. The highest BCUT2D eigenvalue weighted by Gasteiger charge is 2.36. The van der Waals surface area contributed by atoms with Crippen LogP contribution in [0.1, 0.15) is 24.4 Å². The lowest BCUT2D eigenvalue weighted by atomic mass is 9.94. The van der Waals surface area contributed by atoms with Gasteiger partial charge in [0.1, 0.15) is 0 Å². The number of hydrogen-bond acceptors (Lipinski definition) is 4. The summed E-state index contributed by atoms with van der Waals surface area (Å²) in [5.74, 6) is -1.54. The molecule has 2 heterocycles. The number of halogens is 3. The molecule has 4 aromatic rings. The zero-order valence-corrected chi connectivity index (χ0v) is 18.6. The third-order valence-corrected chi connectivity index (χ3v) is 5.79. The molecule has 1 N–H and O–H groups in total. The Bertz CT molecular complexity index is 1400. The van der Waals surface area contributed by atoms with E-state index >= 15 is 0 Å². The normalized spacial score (nSPS) is 16.1. The summed E-state index contributed by atoms with van der Waals surface area (Å²) in [6.07, 6.45) is 0. The monoisotopic (exact) mass is 478 g/mol. The van der Waals surface area contributed by atoms with Gasteiger partial charge < -0.3 is 9.84 Å². The summed E-state index contributed by atoms with van der Waals surface area (Å²) in [7, 11) is 0. The van der Waals surface area contributed by atoms with Gasteiger partial charge in [-0.05, 0) is 48.9 Å². The molecule has 0 fully saturated rings. The second-order valence-electron chi connectivity index (χ2n) is 7.66. The fraction of sp³-hybridized carbons (Fsp3) is 0.0800. The van der Waals surface area contributed by atoms with Crippen molar-refractivity contribution in [3.8, 4) is 11.4 Å². The number of rotatable bonds is 4. The molecular formula is C25H17ClF2N4O2. The molecule has 9 heteroatoms. The molecule has 0 spiro atoms. The van der Waals surface area contributed by atoms with Crippen molar-refractivity contribution in [3.05, 3.63) is 107 Å². The Morgan fingerprint density at radius 1 is 1.00 bits per heavy atom. The van der Waals surface area contributed by atoms with Gasteiger partial charge in [0.15, 0.2) is 11.6 Å². The lowest BCUT2D eigenvalue weighted by molar-refractivity contribution is 0.244. The van der Waals surface area contributed by atoms with E-state index in [-0.39, 0.29) is 11.6 Å². The van der Waals surface area contributed by atoms with Crippen LogP contribution in [0.3, 0.4) is 0 Å². The number of allylic oxidation sites excluding steroid dienone is 1. The van der Waals surface area contributed by atoms with Crippen molar-refractivity contribution in [3.63, 3.8) is 0 Å². The van der Waals surface area contributed by atoms with Gasteiger partial charge in [0.05, 0.1) is 17.3 Å². The number of urea groups is 1. The van der Waals surface area contributed by atoms with Gasteiger partial charge in [-0.25, -0.2) is 13.6 Å². The molecule has 34 heavy (non-hydrogen) atoms. The first kappa shape index (κ1) is 21.8. The average Bonchev–Trinajstić information content (AvgIpc) is 3.31. The molecule has 1 aromatic heterocycles. The van der Waals surface area contributed by atoms with Crippen LogP contribution in [-0.2, 0) is 0 Å². The summed E-state index contributed by atoms with van der Waals surface area (Å²) in [6, 6.07) is 18.4. The van der Waals surface area contributed by atoms with Gasteiger partial charge in [-0.1, -0.05) is 47.1 Å². The zero-order valence-electron chi connectivity index (χ0n) is 17.8. The van der Waals surface area contributed by atoms with Crippen LogP contribution in [0.4, 0.5) is 19.3 Å². The highest BCUT2D eigenvalue weighted by Crippen LogP contribution is 2.39. The molecule has 1 aliphatic rings. The first-order valence-corrected chi connectivity index (χ1v) is 10.7. The van der Waals surface area contributed by atoms with Crippen molar-refractivity contribution < 1.29 is 18.1 Å². The van der Waals surface area contributed by atoms with Crippen LogP contribution in [0.15, 0.2) is 83.0 Å². The summed E-state index contributed by atoms with van der Waals surface area (Å²) in [4.78, 5) is 18.9. The van der Waals surface area contributed by atoms with Gasteiger partial charge in [-0.2, -0.15) is 4.98 Å². The van der Waals surface area contributed by atoms with Crippen molar-refractivity contribution in [2.24, 2.45) is 0 Å². The van der Waals surface area contributed by atoms with E-state index in [1.54, 1.807) is 31.2 Å². The zero-order chi connectivity index (χ0) is 23.8. The van der Waals surface area contributed by atoms with Crippen LogP contribution in [-0.4, -0.2) is 16.2 Å². The lowest BCUT2D eigenvalue weighted by Gasteiger charge is -2.35. The standard InChI is InChI=1S/C25H17ClF2N4O2/c1-14-21(24-30-23(31-34-24)16-7-9-17(26)10-8-16)22(15-5-3-2-4-6-15)29-25(33)32(14)18-11-12-19(27)20(28)13-18/h2-13,22H,1H3,(H,29,33). The molecule has 0 saturated heterocycles. The minimum absolute atomic E-state index is 0.162. The van der Waals surface area contributed by atoms with Gasteiger partial charge in [-0.3, -0.25) is 4.90 Å². The van der Waals surface area contributed by atoms with Crippen LogP contribution >= 0.6 is 11.6 Å². The quantitative estimate of drug-likeness (QED) is 0.370. The van der Waals surface area contributed by atoms with Crippen LogP contribution < -0.4 is 10.2 Å². The number of nitrogens with one attached hydrogen (secondary N) is 1. The molecule has 0 radical (unpaired) electrons. The molecule has 6 nitrogen and oxygen atoms in total. The van der Waals surface area contributed by atoms with E-state index in [1.807, 2.05) is 30.3 Å². The Hall–Kier alpha value is -4.04. The minimum Gasteiger partial charge on any atom is -0.334 e. The second-order valence-corrected chi connectivity index (χ2v) is 8.09. The first-order valence-electron chi connectivity index (χ1n) is 10.3. The largest absolute Gasteiger partial charge is 0.334 e. The van der Waals surface area contributed by atoms with Crippen LogP contribution in [0.2, 0.25) is 5.02 Å². The summed E-state index contributed by atoms with van der Waals surface area (Å²) in [5.41, 5.74) is 2.63. The van der Waals surface area contributed by atoms with Crippen LogP contribution in [0.5, 0.6) is 0 Å². The predicted molar refractivity (Wildman–Crippen MR) is 124 cm³/mol. The van der Waals surface area contributed by atoms with Gasteiger partial charge >= 0.3 is 6.03 Å². The molecule has 0 aliphatic carbocycles. The molecule has 1 unspecified atom stereocenters. The first-order chi connectivity index (χ1) is 16.4. The van der Waals surface area contributed by atoms with E-state index in [1.165, 1.54) is 11.0 Å². The number of amides is 2. The van der Waals surface area contributed by atoms with E-state index < -0.39 is 23.7 Å². The molecule has 3 aromatic carbocycles. The Balaban J connectivity index is 1.65. The number of carbonyl (C=O) groups excluding carboxylic acids is 1. The predicted octanol–water partition coefficient (Wildman–Crippen LogP) is 6.37. The number of carbonyl (C=O) groups is 1. The Morgan fingerprint density at radius 2 is 1.74 bits per heavy atom. The fourth-order valence-corrected chi connectivity index (χ4v) is 4.03. The summed E-state index contributed by atoms with van der Waals surface area (Å²) in [5, 5.41) is 7.59. The van der Waals surface area contributed by atoms with E-state index in [9.17, 15) is 13.6 Å². The van der Waals surface area contributed by atoms with Crippen molar-refractivity contribution in [2.45, 2.75) is 13.0 Å². The van der Waals surface area contributed by atoms with E-state index in [0.717, 1.165) is 17.7 Å². The van der Waals surface area contributed by atoms with E-state index in [4.69, 9.17) is 16.1 Å². The van der Waals surface area contributed by atoms with Gasteiger partial charge in [0, 0.05) is 22.3 Å². The average molecular weight is 479 g/mol. The maximum atomic E-state index is 14.0. The maximum absolute atomic E-state index is 14.0. The molecule has 0 saturated carbocycles. The van der Waals surface area contributed by atoms with Crippen LogP contribution in [0.25, 0.3) is 17.0 Å². The molecular weight excluding hydrogens is 462 g/mol. The smallest absolute Gasteiger partial charge is 0.327 e. The second kappa shape index (κ2) is 8.72. The number of anilines is 1. The number of benzene rings is 3. The topological polar surface area (TPSA) is 71.3 Å². The van der Waals surface area contributed by atoms with E-state index in [2.05, 4.69) is 15.5 Å². The molecule has 170 valence electrons. The van der Waals surface area contributed by atoms with Crippen molar-refractivity contribution >= 4 is 28.9 Å². The van der Waals surface area contributed by atoms with E-state index in [0.29, 0.717) is 27.7 Å². The van der Waals surface area contributed by atoms with Crippen molar-refractivity contribution in [1.29, 1.82) is 0 Å². The number of nitrogens with zero attached hydrogens (tertiary/aromatic N) is 3. The number of hydrogen-bond donors (Lipinski definition) is 1. The highest BCUT2D eigenvalue weighted by molar-refractivity contribution is 6.30. The number of aromatic nitrogens is 2. The summed E-state index contributed by atoms with van der Waals surface area (Å²) in [6.45, 7) is 1.69. The summed E-state index contributed by atoms with van der Waals surface area (Å²) >= 11 is 5.97. The van der Waals surface area contributed by atoms with Gasteiger partial charge in [-0.15, -0.1) is 0 Å². The van der Waals surface area contributed by atoms with Crippen molar-refractivity contribution in [1.82, 2.24) is 15.5 Å². The van der Waals surface area contributed by atoms with Crippen LogP contribution in [0, 0.1) is 11.6 Å². The highest BCUT2D eigenvalue weighted by atomic mass is 35.5. The van der Waals surface area contributed by atoms with Gasteiger partial charge in [0.2, 0.25) is 5.82 Å². The molecule has 5 rings (SSSR count). The lowest BCUT2D eigenvalue weighted by Crippen LogP contribution is -2.46. The Kier molecular flexibility index (Phi) is 5.59. The molecule has 1 aliphatic heterocycles.